The number of hydrogen-bond acceptors (Lipinski definition) is 4. The number of pyridine rings is 1. The Hall–Kier alpha value is -2.07. The van der Waals surface area contributed by atoms with Crippen molar-refractivity contribution in [2.75, 3.05) is 12.8 Å². The molecule has 0 spiro atoms. The van der Waals surface area contributed by atoms with Gasteiger partial charge in [-0.1, -0.05) is 12.1 Å². The first-order chi connectivity index (χ1) is 8.26. The molecule has 0 radical (unpaired) electrons. The minimum atomic E-state index is 0.367. The van der Waals surface area contributed by atoms with Crippen LogP contribution in [0.15, 0.2) is 36.5 Å². The van der Waals surface area contributed by atoms with Crippen LogP contribution in [0.25, 0.3) is 11.1 Å². The molecular weight excluding hydrogens is 214 g/mol. The predicted molar refractivity (Wildman–Crippen MR) is 68.5 cm³/mol. The summed E-state index contributed by atoms with van der Waals surface area (Å²) in [5, 5.41) is 0. The highest BCUT2D eigenvalue weighted by Gasteiger charge is 2.08. The van der Waals surface area contributed by atoms with Gasteiger partial charge in [-0.2, -0.15) is 0 Å². The van der Waals surface area contributed by atoms with Gasteiger partial charge in [0.15, 0.2) is 0 Å². The maximum atomic E-state index is 5.82. The van der Waals surface area contributed by atoms with Gasteiger partial charge in [0.05, 0.1) is 7.11 Å². The summed E-state index contributed by atoms with van der Waals surface area (Å²) in [6.07, 6.45) is 1.68. The monoisotopic (exact) mass is 229 g/mol. The number of anilines is 1. The van der Waals surface area contributed by atoms with Crippen LogP contribution in [0.3, 0.4) is 0 Å². The Bertz CT molecular complexity index is 526. The van der Waals surface area contributed by atoms with Gasteiger partial charge in [-0.3, -0.25) is 0 Å². The van der Waals surface area contributed by atoms with Crippen LogP contribution in [0.4, 0.5) is 5.82 Å². The first-order valence-electron chi connectivity index (χ1n) is 5.34. The molecule has 88 valence electrons. The second kappa shape index (κ2) is 4.84. The number of nitrogen functional groups attached to an aromatic ring is 1. The molecule has 0 saturated carbocycles. The van der Waals surface area contributed by atoms with Crippen LogP contribution >= 0.6 is 0 Å². The molecular formula is C13H15N3O. The lowest BCUT2D eigenvalue weighted by molar-refractivity contribution is 0.415. The minimum absolute atomic E-state index is 0.367. The van der Waals surface area contributed by atoms with E-state index in [4.69, 9.17) is 16.2 Å². The van der Waals surface area contributed by atoms with Crippen molar-refractivity contribution in [2.45, 2.75) is 6.54 Å². The first-order valence-corrected chi connectivity index (χ1v) is 5.34. The Balaban J connectivity index is 2.55. The van der Waals surface area contributed by atoms with Crippen LogP contribution in [0.5, 0.6) is 5.75 Å². The molecule has 1 aromatic carbocycles. The van der Waals surface area contributed by atoms with Gasteiger partial charge in [0, 0.05) is 18.3 Å². The number of benzene rings is 1. The highest BCUT2D eigenvalue weighted by molar-refractivity contribution is 5.72. The van der Waals surface area contributed by atoms with Crippen molar-refractivity contribution in [3.8, 4) is 16.9 Å². The standard InChI is InChI=1S/C13H15N3O/c1-17-10-4-2-3-9(7-10)11-5-6-16-13(15)12(11)8-14/h2-7H,8,14H2,1H3,(H2,15,16). The van der Waals surface area contributed by atoms with Crippen LogP contribution < -0.4 is 16.2 Å². The highest BCUT2D eigenvalue weighted by atomic mass is 16.5. The molecule has 0 bridgehead atoms. The van der Waals surface area contributed by atoms with Gasteiger partial charge in [-0.05, 0) is 29.3 Å². The highest BCUT2D eigenvalue weighted by Crippen LogP contribution is 2.28. The van der Waals surface area contributed by atoms with E-state index in [0.29, 0.717) is 12.4 Å². The molecule has 1 heterocycles. The Morgan fingerprint density at radius 2 is 2.12 bits per heavy atom. The minimum Gasteiger partial charge on any atom is -0.497 e. The van der Waals surface area contributed by atoms with E-state index in [1.807, 2.05) is 30.3 Å². The van der Waals surface area contributed by atoms with Crippen molar-refractivity contribution < 1.29 is 4.74 Å². The zero-order valence-electron chi connectivity index (χ0n) is 9.68. The normalized spacial score (nSPS) is 10.2. The maximum Gasteiger partial charge on any atom is 0.128 e. The van der Waals surface area contributed by atoms with Crippen LogP contribution in [-0.4, -0.2) is 12.1 Å². The van der Waals surface area contributed by atoms with Gasteiger partial charge >= 0.3 is 0 Å². The quantitative estimate of drug-likeness (QED) is 0.841. The molecule has 4 heteroatoms. The van der Waals surface area contributed by atoms with Gasteiger partial charge in [0.2, 0.25) is 0 Å². The summed E-state index contributed by atoms with van der Waals surface area (Å²) in [6, 6.07) is 9.69. The average molecular weight is 229 g/mol. The molecule has 0 unspecified atom stereocenters. The first kappa shape index (κ1) is 11.4. The smallest absolute Gasteiger partial charge is 0.128 e. The van der Waals surface area contributed by atoms with Crippen molar-refractivity contribution in [3.63, 3.8) is 0 Å². The van der Waals surface area contributed by atoms with Crippen molar-refractivity contribution in [1.82, 2.24) is 4.98 Å². The van der Waals surface area contributed by atoms with Crippen molar-refractivity contribution in [2.24, 2.45) is 5.73 Å². The third kappa shape index (κ3) is 2.21. The van der Waals surface area contributed by atoms with Crippen molar-refractivity contribution in [1.29, 1.82) is 0 Å². The Kier molecular flexibility index (Phi) is 3.25. The van der Waals surface area contributed by atoms with E-state index in [1.165, 1.54) is 0 Å². The summed E-state index contributed by atoms with van der Waals surface area (Å²) in [5.74, 6) is 1.29. The predicted octanol–water partition coefficient (Wildman–Crippen LogP) is 1.80. The number of nitrogens with zero attached hydrogens (tertiary/aromatic N) is 1. The zero-order valence-corrected chi connectivity index (χ0v) is 9.68. The fraction of sp³-hybridized carbons (Fsp3) is 0.154. The molecule has 2 aromatic rings. The summed E-state index contributed by atoms with van der Waals surface area (Å²) >= 11 is 0. The van der Waals surface area contributed by atoms with Gasteiger partial charge in [0.1, 0.15) is 11.6 Å². The Labute approximate surface area is 100 Å². The summed E-state index contributed by atoms with van der Waals surface area (Å²) < 4.78 is 5.20. The number of hydrogen-bond donors (Lipinski definition) is 2. The van der Waals surface area contributed by atoms with E-state index in [0.717, 1.165) is 22.4 Å². The fourth-order valence-corrected chi connectivity index (χ4v) is 1.78. The second-order valence-electron chi connectivity index (χ2n) is 3.66. The van der Waals surface area contributed by atoms with E-state index >= 15 is 0 Å². The van der Waals surface area contributed by atoms with E-state index in [-0.39, 0.29) is 0 Å². The molecule has 4 N–H and O–H groups in total. The van der Waals surface area contributed by atoms with Crippen molar-refractivity contribution in [3.05, 3.63) is 42.1 Å². The number of nitrogens with two attached hydrogens (primary N) is 2. The molecule has 0 atom stereocenters. The molecule has 2 rings (SSSR count). The topological polar surface area (TPSA) is 74.2 Å². The lowest BCUT2D eigenvalue weighted by Gasteiger charge is -2.10. The maximum absolute atomic E-state index is 5.82. The van der Waals surface area contributed by atoms with E-state index in [1.54, 1.807) is 13.3 Å². The van der Waals surface area contributed by atoms with E-state index in [2.05, 4.69) is 4.98 Å². The molecule has 17 heavy (non-hydrogen) atoms. The SMILES string of the molecule is COc1cccc(-c2ccnc(N)c2CN)c1. The molecule has 1 aromatic heterocycles. The number of methoxy groups -OCH3 is 1. The lowest BCUT2D eigenvalue weighted by atomic mass is 10.0. The molecule has 0 amide bonds. The summed E-state index contributed by atoms with van der Waals surface area (Å²) in [7, 11) is 1.64. The third-order valence-corrected chi connectivity index (χ3v) is 2.67. The largest absolute Gasteiger partial charge is 0.497 e. The Morgan fingerprint density at radius 3 is 2.82 bits per heavy atom. The van der Waals surface area contributed by atoms with Crippen LogP contribution in [0.2, 0.25) is 0 Å². The number of aromatic nitrogens is 1. The van der Waals surface area contributed by atoms with Gasteiger partial charge in [-0.15, -0.1) is 0 Å². The molecule has 0 aliphatic rings. The fourth-order valence-electron chi connectivity index (χ4n) is 1.78. The van der Waals surface area contributed by atoms with Gasteiger partial charge in [0.25, 0.3) is 0 Å². The van der Waals surface area contributed by atoms with E-state index in [9.17, 15) is 0 Å². The van der Waals surface area contributed by atoms with Gasteiger partial charge in [-0.25, -0.2) is 4.98 Å². The summed E-state index contributed by atoms with van der Waals surface area (Å²) in [5.41, 5.74) is 14.4. The second-order valence-corrected chi connectivity index (χ2v) is 3.66. The molecule has 4 nitrogen and oxygen atoms in total. The lowest BCUT2D eigenvalue weighted by Crippen LogP contribution is -2.05. The molecule has 0 aliphatic carbocycles. The average Bonchev–Trinajstić information content (AvgIpc) is 2.38. The molecule has 0 saturated heterocycles. The van der Waals surface area contributed by atoms with Crippen molar-refractivity contribution >= 4 is 5.82 Å². The Morgan fingerprint density at radius 1 is 1.29 bits per heavy atom. The van der Waals surface area contributed by atoms with E-state index < -0.39 is 0 Å². The summed E-state index contributed by atoms with van der Waals surface area (Å²) in [4.78, 5) is 4.05. The third-order valence-electron chi connectivity index (χ3n) is 2.67. The van der Waals surface area contributed by atoms with Crippen LogP contribution in [-0.2, 0) is 6.54 Å². The zero-order chi connectivity index (χ0) is 12.3. The number of ether oxygens (including phenoxy) is 1. The van der Waals surface area contributed by atoms with Gasteiger partial charge < -0.3 is 16.2 Å². The van der Waals surface area contributed by atoms with Crippen LogP contribution in [0.1, 0.15) is 5.56 Å². The summed E-state index contributed by atoms with van der Waals surface area (Å²) in [6.45, 7) is 0.367. The number of rotatable bonds is 3. The van der Waals surface area contributed by atoms with Crippen LogP contribution in [0, 0.1) is 0 Å². The molecule has 0 fully saturated rings. The molecule has 0 aliphatic heterocycles.